The number of carbonyl (C=O) groups is 1. The molecule has 1 heterocycles. The van der Waals surface area contributed by atoms with E-state index in [4.69, 9.17) is 10.5 Å². The summed E-state index contributed by atoms with van der Waals surface area (Å²) >= 11 is 0. The molecule has 5 nitrogen and oxygen atoms in total. The van der Waals surface area contributed by atoms with Crippen molar-refractivity contribution in [2.24, 2.45) is 5.92 Å². The first-order chi connectivity index (χ1) is 10.2. The lowest BCUT2D eigenvalue weighted by Gasteiger charge is -2.31. The lowest BCUT2D eigenvalue weighted by molar-refractivity contribution is -0.126. The van der Waals surface area contributed by atoms with Crippen molar-refractivity contribution in [2.75, 3.05) is 39.0 Å². The summed E-state index contributed by atoms with van der Waals surface area (Å²) in [4.78, 5) is 14.0. The zero-order valence-corrected chi connectivity index (χ0v) is 12.7. The van der Waals surface area contributed by atoms with Crippen LogP contribution in [-0.2, 0) is 4.79 Å². The number of nitrogens with zero attached hydrogens (tertiary/aromatic N) is 1. The van der Waals surface area contributed by atoms with Gasteiger partial charge >= 0.3 is 0 Å². The summed E-state index contributed by atoms with van der Waals surface area (Å²) in [7, 11) is 1.71. The SMILES string of the molecule is CNC(=O)C1CCCN(CCCOc2ccc(N)cc2)C1. The van der Waals surface area contributed by atoms with Crippen LogP contribution in [0.3, 0.4) is 0 Å². The molecule has 2 rings (SSSR count). The molecule has 0 spiro atoms. The second-order valence-corrected chi connectivity index (χ2v) is 5.53. The first-order valence-corrected chi connectivity index (χ1v) is 7.61. The van der Waals surface area contributed by atoms with E-state index in [9.17, 15) is 4.79 Å². The Hall–Kier alpha value is -1.75. The maximum atomic E-state index is 11.7. The van der Waals surface area contributed by atoms with Crippen LogP contribution in [0.4, 0.5) is 5.69 Å². The minimum absolute atomic E-state index is 0.141. The summed E-state index contributed by atoms with van der Waals surface area (Å²) < 4.78 is 5.69. The predicted molar refractivity (Wildman–Crippen MR) is 84.2 cm³/mol. The number of amides is 1. The summed E-state index contributed by atoms with van der Waals surface area (Å²) in [6.07, 6.45) is 3.06. The molecule has 0 saturated carbocycles. The van der Waals surface area contributed by atoms with Crippen LogP contribution in [0.15, 0.2) is 24.3 Å². The molecule has 0 radical (unpaired) electrons. The molecule has 1 fully saturated rings. The highest BCUT2D eigenvalue weighted by molar-refractivity contribution is 5.78. The van der Waals surface area contributed by atoms with Crippen LogP contribution in [0.5, 0.6) is 5.75 Å². The maximum absolute atomic E-state index is 11.7. The highest BCUT2D eigenvalue weighted by atomic mass is 16.5. The Labute approximate surface area is 126 Å². The van der Waals surface area contributed by atoms with Crippen molar-refractivity contribution in [1.82, 2.24) is 10.2 Å². The monoisotopic (exact) mass is 291 g/mol. The summed E-state index contributed by atoms with van der Waals surface area (Å²) in [5, 5.41) is 2.75. The molecular formula is C16H25N3O2. The molecule has 1 unspecified atom stereocenters. The van der Waals surface area contributed by atoms with Gasteiger partial charge in [-0.2, -0.15) is 0 Å². The molecule has 1 aliphatic rings. The fourth-order valence-corrected chi connectivity index (χ4v) is 2.72. The minimum atomic E-state index is 0.141. The molecule has 5 heteroatoms. The van der Waals surface area contributed by atoms with Gasteiger partial charge in [-0.1, -0.05) is 0 Å². The molecule has 1 aromatic carbocycles. The van der Waals surface area contributed by atoms with Crippen molar-refractivity contribution in [2.45, 2.75) is 19.3 Å². The van der Waals surface area contributed by atoms with E-state index in [1.807, 2.05) is 24.3 Å². The van der Waals surface area contributed by atoms with Crippen molar-refractivity contribution < 1.29 is 9.53 Å². The number of piperidine rings is 1. The summed E-state index contributed by atoms with van der Waals surface area (Å²) in [6, 6.07) is 7.46. The third-order valence-electron chi connectivity index (χ3n) is 3.89. The van der Waals surface area contributed by atoms with Gasteiger partial charge in [-0.3, -0.25) is 4.79 Å². The molecule has 116 valence electrons. The molecule has 1 aliphatic heterocycles. The number of nitrogens with two attached hydrogens (primary N) is 1. The average Bonchev–Trinajstić information content (AvgIpc) is 2.53. The fraction of sp³-hybridized carbons (Fsp3) is 0.562. The predicted octanol–water partition coefficient (Wildman–Crippen LogP) is 1.50. The summed E-state index contributed by atoms with van der Waals surface area (Å²) in [5.41, 5.74) is 6.38. The average molecular weight is 291 g/mol. The van der Waals surface area contributed by atoms with Crippen LogP contribution in [0, 0.1) is 5.92 Å². The van der Waals surface area contributed by atoms with E-state index < -0.39 is 0 Å². The fourth-order valence-electron chi connectivity index (χ4n) is 2.72. The zero-order chi connectivity index (χ0) is 15.1. The number of anilines is 1. The Balaban J connectivity index is 1.66. The summed E-state index contributed by atoms with van der Waals surface area (Å²) in [5.74, 6) is 1.16. The Morgan fingerprint density at radius 2 is 2.19 bits per heavy atom. The quantitative estimate of drug-likeness (QED) is 0.615. The van der Waals surface area contributed by atoms with Gasteiger partial charge in [-0.15, -0.1) is 0 Å². The van der Waals surface area contributed by atoms with E-state index in [0.29, 0.717) is 6.61 Å². The number of likely N-dealkylation sites (tertiary alicyclic amines) is 1. The van der Waals surface area contributed by atoms with Crippen molar-refractivity contribution >= 4 is 11.6 Å². The number of ether oxygens (including phenoxy) is 1. The Bertz CT molecular complexity index is 447. The van der Waals surface area contributed by atoms with Gasteiger partial charge in [0.05, 0.1) is 12.5 Å². The molecule has 1 atom stereocenters. The van der Waals surface area contributed by atoms with Crippen LogP contribution in [-0.4, -0.2) is 44.1 Å². The zero-order valence-electron chi connectivity index (χ0n) is 12.7. The van der Waals surface area contributed by atoms with E-state index >= 15 is 0 Å². The number of hydrogen-bond acceptors (Lipinski definition) is 4. The molecule has 0 bridgehead atoms. The standard InChI is InChI=1S/C16H25N3O2/c1-18-16(20)13-4-2-9-19(12-13)10-3-11-21-15-7-5-14(17)6-8-15/h5-8,13H,2-4,9-12,17H2,1H3,(H,18,20). The van der Waals surface area contributed by atoms with Crippen molar-refractivity contribution in [3.63, 3.8) is 0 Å². The molecule has 1 aromatic rings. The molecule has 21 heavy (non-hydrogen) atoms. The number of rotatable bonds is 6. The largest absolute Gasteiger partial charge is 0.494 e. The Kier molecular flexibility index (Phi) is 5.87. The molecule has 3 N–H and O–H groups in total. The minimum Gasteiger partial charge on any atom is -0.494 e. The van der Waals surface area contributed by atoms with E-state index in [1.165, 1.54) is 0 Å². The molecular weight excluding hydrogens is 266 g/mol. The number of carbonyl (C=O) groups excluding carboxylic acids is 1. The Morgan fingerprint density at radius 3 is 2.90 bits per heavy atom. The normalized spacial score (nSPS) is 19.2. The van der Waals surface area contributed by atoms with Crippen LogP contribution in [0.25, 0.3) is 0 Å². The van der Waals surface area contributed by atoms with Crippen LogP contribution >= 0.6 is 0 Å². The van der Waals surface area contributed by atoms with Crippen LogP contribution in [0.2, 0.25) is 0 Å². The second kappa shape index (κ2) is 7.88. The highest BCUT2D eigenvalue weighted by Gasteiger charge is 2.24. The van der Waals surface area contributed by atoms with E-state index in [2.05, 4.69) is 10.2 Å². The van der Waals surface area contributed by atoms with E-state index in [1.54, 1.807) is 7.05 Å². The number of hydrogen-bond donors (Lipinski definition) is 2. The summed E-state index contributed by atoms with van der Waals surface area (Å²) in [6.45, 7) is 3.60. The van der Waals surface area contributed by atoms with Gasteiger partial charge in [0.25, 0.3) is 0 Å². The third-order valence-corrected chi connectivity index (χ3v) is 3.89. The van der Waals surface area contributed by atoms with Crippen molar-refractivity contribution in [1.29, 1.82) is 0 Å². The van der Waals surface area contributed by atoms with Crippen LogP contribution in [0.1, 0.15) is 19.3 Å². The van der Waals surface area contributed by atoms with Gasteiger partial charge in [0, 0.05) is 25.8 Å². The maximum Gasteiger partial charge on any atom is 0.224 e. The van der Waals surface area contributed by atoms with E-state index in [-0.39, 0.29) is 11.8 Å². The van der Waals surface area contributed by atoms with Gasteiger partial charge in [-0.05, 0) is 50.1 Å². The second-order valence-electron chi connectivity index (χ2n) is 5.53. The highest BCUT2D eigenvalue weighted by Crippen LogP contribution is 2.17. The third kappa shape index (κ3) is 4.93. The van der Waals surface area contributed by atoms with Gasteiger partial charge in [0.15, 0.2) is 0 Å². The topological polar surface area (TPSA) is 67.6 Å². The van der Waals surface area contributed by atoms with Gasteiger partial charge < -0.3 is 20.7 Å². The number of nitrogens with one attached hydrogen (secondary N) is 1. The van der Waals surface area contributed by atoms with Crippen LogP contribution < -0.4 is 15.8 Å². The van der Waals surface area contributed by atoms with Gasteiger partial charge in [-0.25, -0.2) is 0 Å². The first-order valence-electron chi connectivity index (χ1n) is 7.61. The Morgan fingerprint density at radius 1 is 1.43 bits per heavy atom. The van der Waals surface area contributed by atoms with Gasteiger partial charge in [0.1, 0.15) is 5.75 Å². The molecule has 1 saturated heterocycles. The van der Waals surface area contributed by atoms with Crippen molar-refractivity contribution in [3.8, 4) is 5.75 Å². The van der Waals surface area contributed by atoms with Gasteiger partial charge in [0.2, 0.25) is 5.91 Å². The number of nitrogen functional groups attached to an aromatic ring is 1. The molecule has 0 aliphatic carbocycles. The molecule has 1 amide bonds. The lowest BCUT2D eigenvalue weighted by atomic mass is 9.97. The molecule has 0 aromatic heterocycles. The smallest absolute Gasteiger partial charge is 0.224 e. The first kappa shape index (κ1) is 15.6. The van der Waals surface area contributed by atoms with E-state index in [0.717, 1.165) is 50.3 Å². The van der Waals surface area contributed by atoms with Crippen molar-refractivity contribution in [3.05, 3.63) is 24.3 Å². The lowest BCUT2D eigenvalue weighted by Crippen LogP contribution is -2.42. The number of benzene rings is 1.